The van der Waals surface area contributed by atoms with E-state index < -0.39 is 5.82 Å². The number of halogens is 2. The Morgan fingerprint density at radius 1 is 1.45 bits per heavy atom. The van der Waals surface area contributed by atoms with Crippen molar-refractivity contribution in [3.63, 3.8) is 0 Å². The van der Waals surface area contributed by atoms with E-state index in [1.54, 1.807) is 6.07 Å². The van der Waals surface area contributed by atoms with Crippen molar-refractivity contribution in [2.45, 2.75) is 19.3 Å². The van der Waals surface area contributed by atoms with Gasteiger partial charge in [-0.1, -0.05) is 11.6 Å². The zero-order valence-electron chi connectivity index (χ0n) is 11.1. The molecule has 0 bridgehead atoms. The number of hydrogen-bond donors (Lipinski definition) is 2. The van der Waals surface area contributed by atoms with Crippen LogP contribution in [-0.4, -0.2) is 24.9 Å². The highest BCUT2D eigenvalue weighted by Crippen LogP contribution is 2.28. The van der Waals surface area contributed by atoms with Gasteiger partial charge in [0.05, 0.1) is 5.02 Å². The van der Waals surface area contributed by atoms with Crippen LogP contribution in [0.25, 0.3) is 0 Å². The largest absolute Gasteiger partial charge is 0.381 e. The van der Waals surface area contributed by atoms with E-state index in [1.165, 1.54) is 25.0 Å². The number of nitrogens with one attached hydrogen (secondary N) is 2. The summed E-state index contributed by atoms with van der Waals surface area (Å²) in [5.74, 6) is 0.359. The van der Waals surface area contributed by atoms with Crippen molar-refractivity contribution in [3.05, 3.63) is 29.0 Å². The van der Waals surface area contributed by atoms with E-state index in [1.807, 2.05) is 0 Å². The zero-order chi connectivity index (χ0) is 14.4. The molecule has 110 valence electrons. The quantitative estimate of drug-likeness (QED) is 0.595. The lowest BCUT2D eigenvalue weighted by atomic mass is 10.3. The average Bonchev–Trinajstić information content (AvgIpc) is 3.22. The summed E-state index contributed by atoms with van der Waals surface area (Å²) < 4.78 is 18.5. The fourth-order valence-corrected chi connectivity index (χ4v) is 2.06. The first-order valence-corrected chi connectivity index (χ1v) is 7.51. The van der Waals surface area contributed by atoms with Gasteiger partial charge < -0.3 is 15.4 Å². The van der Waals surface area contributed by atoms with Crippen molar-refractivity contribution in [2.75, 3.05) is 25.1 Å². The van der Waals surface area contributed by atoms with E-state index in [9.17, 15) is 4.39 Å². The van der Waals surface area contributed by atoms with Crippen LogP contribution in [0.5, 0.6) is 0 Å². The minimum Gasteiger partial charge on any atom is -0.381 e. The van der Waals surface area contributed by atoms with Gasteiger partial charge in [-0.25, -0.2) is 4.39 Å². The van der Waals surface area contributed by atoms with Crippen LogP contribution in [0.4, 0.5) is 10.1 Å². The summed E-state index contributed by atoms with van der Waals surface area (Å²) >= 11 is 10.8. The first kappa shape index (κ1) is 15.5. The molecular weight excluding hydrogens is 299 g/mol. The third-order valence-corrected chi connectivity index (χ3v) is 3.52. The molecule has 1 saturated carbocycles. The highest BCUT2D eigenvalue weighted by molar-refractivity contribution is 7.80. The second kappa shape index (κ2) is 7.76. The molecule has 3 nitrogen and oxygen atoms in total. The molecule has 1 aliphatic carbocycles. The van der Waals surface area contributed by atoms with Gasteiger partial charge in [-0.15, -0.1) is 0 Å². The Kier molecular flexibility index (Phi) is 6.01. The summed E-state index contributed by atoms with van der Waals surface area (Å²) in [4.78, 5) is 0. The minimum atomic E-state index is -0.441. The smallest absolute Gasteiger partial charge is 0.170 e. The highest BCUT2D eigenvalue weighted by atomic mass is 35.5. The molecule has 0 radical (unpaired) electrons. The van der Waals surface area contributed by atoms with Crippen LogP contribution in [0.1, 0.15) is 19.3 Å². The molecule has 0 aliphatic heterocycles. The Bertz CT molecular complexity index is 468. The monoisotopic (exact) mass is 316 g/mol. The van der Waals surface area contributed by atoms with Crippen LogP contribution < -0.4 is 10.6 Å². The molecule has 2 rings (SSSR count). The third kappa shape index (κ3) is 5.61. The molecule has 0 heterocycles. The van der Waals surface area contributed by atoms with E-state index >= 15 is 0 Å². The van der Waals surface area contributed by atoms with Crippen LogP contribution in [-0.2, 0) is 4.74 Å². The maximum absolute atomic E-state index is 13.0. The topological polar surface area (TPSA) is 33.3 Å². The second-order valence-corrected chi connectivity index (χ2v) is 5.70. The molecule has 2 N–H and O–H groups in total. The molecule has 1 fully saturated rings. The number of anilines is 1. The lowest BCUT2D eigenvalue weighted by Gasteiger charge is -2.11. The zero-order valence-corrected chi connectivity index (χ0v) is 12.7. The highest BCUT2D eigenvalue weighted by Gasteiger charge is 2.20. The van der Waals surface area contributed by atoms with Crippen LogP contribution in [0, 0.1) is 11.7 Å². The van der Waals surface area contributed by atoms with Gasteiger partial charge >= 0.3 is 0 Å². The standard InChI is InChI=1S/C14H18ClFN2OS/c15-12-8-11(4-5-13(12)16)18-14(20)17-6-1-7-19-9-10-2-3-10/h4-5,8,10H,1-3,6-7,9H2,(H2,17,18,20). The Morgan fingerprint density at radius 2 is 2.25 bits per heavy atom. The normalized spacial score (nSPS) is 14.1. The van der Waals surface area contributed by atoms with Gasteiger partial charge in [-0.05, 0) is 55.6 Å². The van der Waals surface area contributed by atoms with Crippen molar-refractivity contribution >= 4 is 34.6 Å². The number of benzene rings is 1. The molecule has 0 spiro atoms. The lowest BCUT2D eigenvalue weighted by molar-refractivity contribution is 0.123. The predicted octanol–water partition coefficient (Wildman–Crippen LogP) is 3.58. The summed E-state index contributed by atoms with van der Waals surface area (Å²) in [6, 6.07) is 4.40. The maximum atomic E-state index is 13.0. The molecule has 6 heteroatoms. The van der Waals surface area contributed by atoms with Crippen LogP contribution in [0.15, 0.2) is 18.2 Å². The fourth-order valence-electron chi connectivity index (χ4n) is 1.66. The summed E-state index contributed by atoms with van der Waals surface area (Å²) in [5, 5.41) is 6.60. The predicted molar refractivity (Wildman–Crippen MR) is 83.8 cm³/mol. The summed E-state index contributed by atoms with van der Waals surface area (Å²) in [6.45, 7) is 2.37. The molecular formula is C14H18ClFN2OS. The number of hydrogen-bond acceptors (Lipinski definition) is 2. The molecule has 0 saturated heterocycles. The Balaban J connectivity index is 1.58. The fraction of sp³-hybridized carbons (Fsp3) is 0.500. The third-order valence-electron chi connectivity index (χ3n) is 2.98. The van der Waals surface area contributed by atoms with Gasteiger partial charge in [-0.2, -0.15) is 0 Å². The van der Waals surface area contributed by atoms with E-state index in [-0.39, 0.29) is 5.02 Å². The maximum Gasteiger partial charge on any atom is 0.170 e. The van der Waals surface area contributed by atoms with Gasteiger partial charge in [0.1, 0.15) is 5.82 Å². The van der Waals surface area contributed by atoms with Crippen molar-refractivity contribution in [1.82, 2.24) is 5.32 Å². The molecule has 1 aromatic carbocycles. The lowest BCUT2D eigenvalue weighted by Crippen LogP contribution is -2.29. The van der Waals surface area contributed by atoms with Crippen LogP contribution in [0.3, 0.4) is 0 Å². The van der Waals surface area contributed by atoms with E-state index in [0.29, 0.717) is 10.8 Å². The van der Waals surface area contributed by atoms with Crippen molar-refractivity contribution < 1.29 is 9.13 Å². The molecule has 1 aliphatic rings. The van der Waals surface area contributed by atoms with E-state index in [0.717, 1.165) is 32.1 Å². The first-order chi connectivity index (χ1) is 9.65. The SMILES string of the molecule is Fc1ccc(NC(=S)NCCCOCC2CC2)cc1Cl. The van der Waals surface area contributed by atoms with Crippen molar-refractivity contribution in [3.8, 4) is 0 Å². The Labute approximate surface area is 128 Å². The van der Waals surface area contributed by atoms with Gasteiger partial charge in [0.15, 0.2) is 5.11 Å². The van der Waals surface area contributed by atoms with E-state index in [2.05, 4.69) is 10.6 Å². The van der Waals surface area contributed by atoms with Crippen LogP contribution in [0.2, 0.25) is 5.02 Å². The summed E-state index contributed by atoms with van der Waals surface area (Å²) in [5.41, 5.74) is 0.666. The van der Waals surface area contributed by atoms with Gasteiger partial charge in [0.2, 0.25) is 0 Å². The van der Waals surface area contributed by atoms with Crippen molar-refractivity contribution in [2.24, 2.45) is 5.92 Å². The number of thiocarbonyl (C=S) groups is 1. The summed E-state index contributed by atoms with van der Waals surface area (Å²) in [6.07, 6.45) is 3.53. The van der Waals surface area contributed by atoms with Gasteiger partial charge in [-0.3, -0.25) is 0 Å². The first-order valence-electron chi connectivity index (χ1n) is 6.73. The van der Waals surface area contributed by atoms with Crippen molar-refractivity contribution in [1.29, 1.82) is 0 Å². The molecule has 0 unspecified atom stereocenters. The summed E-state index contributed by atoms with van der Waals surface area (Å²) in [7, 11) is 0. The molecule has 20 heavy (non-hydrogen) atoms. The average molecular weight is 317 g/mol. The molecule has 0 aromatic heterocycles. The second-order valence-electron chi connectivity index (χ2n) is 4.88. The molecule has 1 aromatic rings. The Hall–Kier alpha value is -0.910. The van der Waals surface area contributed by atoms with Gasteiger partial charge in [0, 0.05) is 25.4 Å². The number of rotatable bonds is 7. The van der Waals surface area contributed by atoms with E-state index in [4.69, 9.17) is 28.6 Å². The molecule has 0 amide bonds. The van der Waals surface area contributed by atoms with Crippen LogP contribution >= 0.6 is 23.8 Å². The molecule has 0 atom stereocenters. The Morgan fingerprint density at radius 3 is 2.95 bits per heavy atom. The minimum absolute atomic E-state index is 0.0753. The van der Waals surface area contributed by atoms with Gasteiger partial charge in [0.25, 0.3) is 0 Å². The number of ether oxygens (including phenoxy) is 1.